The largest absolute Gasteiger partial charge is 0.358 e. The molecular formula is C25H28N4O3S. The number of para-hydroxylation sites is 1. The quantitative estimate of drug-likeness (QED) is 0.310. The highest BCUT2D eigenvalue weighted by atomic mass is 32.2. The molecule has 0 spiro atoms. The summed E-state index contributed by atoms with van der Waals surface area (Å²) in [5.41, 5.74) is 6.18. The number of fused-ring (bicyclic) bond motifs is 1. The van der Waals surface area contributed by atoms with E-state index < -0.39 is 10.0 Å². The zero-order valence-corrected chi connectivity index (χ0v) is 19.3. The molecule has 0 radical (unpaired) electrons. The second-order valence-electron chi connectivity index (χ2n) is 8.10. The maximum Gasteiger partial charge on any atom is 0.267 e. The average molecular weight is 465 g/mol. The molecule has 4 aromatic rings. The molecule has 2 heterocycles. The summed E-state index contributed by atoms with van der Waals surface area (Å²) in [5, 5.41) is 9.79. The second-order valence-corrected chi connectivity index (χ2v) is 9.95. The standard InChI is InChI=1S/C25H28N4O3S/c1-28(15-13-23-17-22-6-2-3-7-25(22)27-23)18-21-8-10-24(11-9-21)33(31,32)29-16-12-20(19-29)5-4-14-26-30/h2-4,6-12,14,16-17,19,26-27,30H,5,13,15,18H2,1H3/b14-4+. The minimum Gasteiger partial charge on any atom is -0.358 e. The smallest absolute Gasteiger partial charge is 0.267 e. The number of nitrogens with one attached hydrogen (secondary N) is 2. The van der Waals surface area contributed by atoms with E-state index in [0.29, 0.717) is 6.42 Å². The summed E-state index contributed by atoms with van der Waals surface area (Å²) in [7, 11) is -1.58. The molecule has 0 aliphatic heterocycles. The molecule has 8 heteroatoms. The Balaban J connectivity index is 1.35. The van der Waals surface area contributed by atoms with Crippen LogP contribution in [0.5, 0.6) is 0 Å². The maximum absolute atomic E-state index is 12.9. The number of hydroxylamine groups is 1. The molecule has 0 bridgehead atoms. The Morgan fingerprint density at radius 2 is 1.88 bits per heavy atom. The fourth-order valence-corrected chi connectivity index (χ4v) is 5.01. The van der Waals surface area contributed by atoms with Crippen LogP contribution in [0.2, 0.25) is 0 Å². The summed E-state index contributed by atoms with van der Waals surface area (Å²) in [5.74, 6) is 0. The van der Waals surface area contributed by atoms with Crippen molar-refractivity contribution in [2.24, 2.45) is 0 Å². The monoisotopic (exact) mass is 464 g/mol. The molecule has 172 valence electrons. The van der Waals surface area contributed by atoms with Crippen LogP contribution in [0.3, 0.4) is 0 Å². The normalized spacial score (nSPS) is 12.2. The molecule has 2 aromatic carbocycles. The molecule has 0 saturated carbocycles. The fraction of sp³-hybridized carbons (Fsp3) is 0.200. The molecule has 0 atom stereocenters. The SMILES string of the molecule is CN(CCc1cc2ccccc2[nH]1)Cc1ccc(S(=O)(=O)n2ccc(C/C=C/NO)c2)cc1. The van der Waals surface area contributed by atoms with Gasteiger partial charge in [-0.15, -0.1) is 0 Å². The highest BCUT2D eigenvalue weighted by Gasteiger charge is 2.16. The number of aromatic amines is 1. The van der Waals surface area contributed by atoms with Gasteiger partial charge in [-0.05, 0) is 60.3 Å². The van der Waals surface area contributed by atoms with Gasteiger partial charge >= 0.3 is 0 Å². The molecule has 7 nitrogen and oxygen atoms in total. The first kappa shape index (κ1) is 22.8. The highest BCUT2D eigenvalue weighted by molar-refractivity contribution is 7.90. The Labute approximate surface area is 194 Å². The number of rotatable bonds is 10. The lowest BCUT2D eigenvalue weighted by Gasteiger charge is -2.16. The van der Waals surface area contributed by atoms with Gasteiger partial charge in [0.05, 0.1) is 4.90 Å². The van der Waals surface area contributed by atoms with Crippen LogP contribution in [0.25, 0.3) is 10.9 Å². The first-order valence-corrected chi connectivity index (χ1v) is 12.2. The lowest BCUT2D eigenvalue weighted by Crippen LogP contribution is -2.21. The van der Waals surface area contributed by atoms with Gasteiger partial charge in [0.15, 0.2) is 0 Å². The summed E-state index contributed by atoms with van der Waals surface area (Å²) in [4.78, 5) is 5.93. The zero-order chi connectivity index (χ0) is 23.3. The molecule has 3 N–H and O–H groups in total. The molecule has 0 fully saturated rings. The van der Waals surface area contributed by atoms with Crippen LogP contribution in [0, 0.1) is 0 Å². The molecule has 4 rings (SSSR count). The van der Waals surface area contributed by atoms with Gasteiger partial charge in [0, 0.05) is 49.3 Å². The molecule has 0 amide bonds. The molecule has 0 aliphatic rings. The molecule has 2 aromatic heterocycles. The van der Waals surface area contributed by atoms with Crippen LogP contribution in [0.15, 0.2) is 90.2 Å². The minimum atomic E-state index is -3.64. The van der Waals surface area contributed by atoms with Crippen molar-refractivity contribution < 1.29 is 13.6 Å². The predicted molar refractivity (Wildman–Crippen MR) is 130 cm³/mol. The Bertz CT molecular complexity index is 1300. The summed E-state index contributed by atoms with van der Waals surface area (Å²) in [6.45, 7) is 1.62. The van der Waals surface area contributed by atoms with Crippen molar-refractivity contribution in [2.75, 3.05) is 13.6 Å². The van der Waals surface area contributed by atoms with E-state index in [0.717, 1.165) is 36.2 Å². The van der Waals surface area contributed by atoms with E-state index in [9.17, 15) is 8.42 Å². The molecule has 0 aliphatic carbocycles. The van der Waals surface area contributed by atoms with Gasteiger partial charge in [-0.3, -0.25) is 10.7 Å². The lowest BCUT2D eigenvalue weighted by atomic mass is 10.2. The van der Waals surface area contributed by atoms with Crippen molar-refractivity contribution in [2.45, 2.75) is 24.3 Å². The van der Waals surface area contributed by atoms with Gasteiger partial charge in [0.2, 0.25) is 0 Å². The van der Waals surface area contributed by atoms with Crippen molar-refractivity contribution in [3.05, 3.63) is 102 Å². The Morgan fingerprint density at radius 1 is 1.09 bits per heavy atom. The average Bonchev–Trinajstić information content (AvgIpc) is 3.45. The van der Waals surface area contributed by atoms with Gasteiger partial charge in [0.25, 0.3) is 10.0 Å². The van der Waals surface area contributed by atoms with Crippen LogP contribution < -0.4 is 5.48 Å². The van der Waals surface area contributed by atoms with Crippen molar-refractivity contribution in [1.82, 2.24) is 19.3 Å². The third kappa shape index (κ3) is 5.54. The van der Waals surface area contributed by atoms with Gasteiger partial charge < -0.3 is 9.88 Å². The first-order chi connectivity index (χ1) is 16.0. The molecule has 0 saturated heterocycles. The van der Waals surface area contributed by atoms with Crippen LogP contribution in [-0.2, 0) is 29.4 Å². The van der Waals surface area contributed by atoms with Crippen molar-refractivity contribution in [1.29, 1.82) is 0 Å². The Hall–Kier alpha value is -3.33. The number of hydrogen-bond donors (Lipinski definition) is 3. The number of hydrogen-bond acceptors (Lipinski definition) is 5. The van der Waals surface area contributed by atoms with Crippen molar-refractivity contribution >= 4 is 20.9 Å². The molecule has 33 heavy (non-hydrogen) atoms. The van der Waals surface area contributed by atoms with Crippen molar-refractivity contribution in [3.63, 3.8) is 0 Å². The van der Waals surface area contributed by atoms with Gasteiger partial charge in [-0.2, -0.15) is 0 Å². The number of likely N-dealkylation sites (N-methyl/N-ethyl adjacent to an activating group) is 1. The van der Waals surface area contributed by atoms with Gasteiger partial charge in [-0.1, -0.05) is 36.4 Å². The van der Waals surface area contributed by atoms with Crippen molar-refractivity contribution in [3.8, 4) is 0 Å². The second kappa shape index (κ2) is 10.1. The maximum atomic E-state index is 12.9. The Kier molecular flexibility index (Phi) is 6.98. The number of benzene rings is 2. The lowest BCUT2D eigenvalue weighted by molar-refractivity contribution is 0.214. The topological polar surface area (TPSA) is 90.4 Å². The fourth-order valence-electron chi connectivity index (χ4n) is 3.80. The number of nitrogens with zero attached hydrogens (tertiary/aromatic N) is 2. The van der Waals surface area contributed by atoms with E-state index in [2.05, 4.69) is 35.1 Å². The van der Waals surface area contributed by atoms with E-state index in [4.69, 9.17) is 5.21 Å². The van der Waals surface area contributed by atoms with E-state index >= 15 is 0 Å². The summed E-state index contributed by atoms with van der Waals surface area (Å²) >= 11 is 0. The summed E-state index contributed by atoms with van der Waals surface area (Å²) in [6.07, 6.45) is 7.65. The Morgan fingerprint density at radius 3 is 2.64 bits per heavy atom. The molecular weight excluding hydrogens is 436 g/mol. The predicted octanol–water partition coefficient (Wildman–Crippen LogP) is 3.92. The summed E-state index contributed by atoms with van der Waals surface area (Å²) in [6, 6.07) is 19.2. The first-order valence-electron chi connectivity index (χ1n) is 10.8. The third-order valence-electron chi connectivity index (χ3n) is 5.57. The van der Waals surface area contributed by atoms with Gasteiger partial charge in [-0.25, -0.2) is 12.4 Å². The number of allylic oxidation sites excluding steroid dienone is 1. The highest BCUT2D eigenvalue weighted by Crippen LogP contribution is 2.18. The zero-order valence-electron chi connectivity index (χ0n) is 18.5. The van der Waals surface area contributed by atoms with E-state index in [1.807, 2.05) is 29.7 Å². The number of aromatic nitrogens is 2. The van der Waals surface area contributed by atoms with Crippen LogP contribution in [0.4, 0.5) is 0 Å². The number of H-pyrrole nitrogens is 1. The van der Waals surface area contributed by atoms with Crippen LogP contribution in [0.1, 0.15) is 16.8 Å². The third-order valence-corrected chi connectivity index (χ3v) is 7.22. The van der Waals surface area contributed by atoms with E-state index in [1.54, 1.807) is 30.5 Å². The molecule has 0 unspecified atom stereocenters. The van der Waals surface area contributed by atoms with Crippen LogP contribution in [-0.4, -0.2) is 41.1 Å². The van der Waals surface area contributed by atoms with Crippen LogP contribution >= 0.6 is 0 Å². The summed E-state index contributed by atoms with van der Waals surface area (Å²) < 4.78 is 27.1. The van der Waals surface area contributed by atoms with E-state index in [-0.39, 0.29) is 4.90 Å². The van der Waals surface area contributed by atoms with E-state index in [1.165, 1.54) is 27.4 Å². The van der Waals surface area contributed by atoms with Gasteiger partial charge in [0.1, 0.15) is 0 Å². The minimum absolute atomic E-state index is 0.252.